The molecular formula is C7H13N3O. The van der Waals surface area contributed by atoms with Gasteiger partial charge in [-0.3, -0.25) is 4.99 Å². The van der Waals surface area contributed by atoms with Gasteiger partial charge in [-0.1, -0.05) is 0 Å². The van der Waals surface area contributed by atoms with E-state index in [1.165, 1.54) is 0 Å². The predicted octanol–water partition coefficient (Wildman–Crippen LogP) is 0.625. The van der Waals surface area contributed by atoms with Gasteiger partial charge in [-0.15, -0.1) is 0 Å². The molecule has 0 unspecified atom stereocenters. The Balaban J connectivity index is 4.99. The highest BCUT2D eigenvalue weighted by Crippen LogP contribution is 2.11. The predicted molar refractivity (Wildman–Crippen MR) is 46.0 cm³/mol. The maximum Gasteiger partial charge on any atom is 0.161 e. The van der Waals surface area contributed by atoms with E-state index in [0.29, 0.717) is 5.70 Å². The molecule has 0 radical (unpaired) electrons. The molecule has 0 aromatic rings. The van der Waals surface area contributed by atoms with E-state index in [1.54, 1.807) is 13.8 Å². The van der Waals surface area contributed by atoms with Crippen molar-refractivity contribution in [2.24, 2.45) is 16.5 Å². The van der Waals surface area contributed by atoms with Crippen LogP contribution in [0.25, 0.3) is 0 Å². The summed E-state index contributed by atoms with van der Waals surface area (Å²) in [5.74, 6) is -0.111. The topological polar surface area (TPSA) is 84.6 Å². The Morgan fingerprint density at radius 2 is 1.73 bits per heavy atom. The molecule has 0 aromatic carbocycles. The molecule has 4 heteroatoms. The van der Waals surface area contributed by atoms with E-state index in [9.17, 15) is 5.11 Å². The van der Waals surface area contributed by atoms with Crippen molar-refractivity contribution in [3.8, 4) is 0 Å². The van der Waals surface area contributed by atoms with Gasteiger partial charge in [0.2, 0.25) is 0 Å². The molecule has 0 amide bonds. The zero-order chi connectivity index (χ0) is 9.02. The van der Waals surface area contributed by atoms with Crippen molar-refractivity contribution in [3.05, 3.63) is 22.9 Å². The Bertz CT molecular complexity index is 220. The third kappa shape index (κ3) is 2.33. The molecule has 0 rings (SSSR count). The van der Waals surface area contributed by atoms with Crippen molar-refractivity contribution in [2.75, 3.05) is 0 Å². The molecule has 0 saturated carbocycles. The third-order valence-corrected chi connectivity index (χ3v) is 1.13. The lowest BCUT2D eigenvalue weighted by Gasteiger charge is -2.03. The number of nitrogens with zero attached hydrogens (tertiary/aromatic N) is 1. The minimum atomic E-state index is -0.111. The van der Waals surface area contributed by atoms with Crippen LogP contribution < -0.4 is 11.5 Å². The van der Waals surface area contributed by atoms with E-state index in [0.717, 1.165) is 0 Å². The highest BCUT2D eigenvalue weighted by molar-refractivity contribution is 5.38. The van der Waals surface area contributed by atoms with Crippen LogP contribution in [0.3, 0.4) is 0 Å². The molecule has 62 valence electrons. The van der Waals surface area contributed by atoms with Gasteiger partial charge in [0.25, 0.3) is 0 Å². The van der Waals surface area contributed by atoms with E-state index in [-0.39, 0.29) is 17.2 Å². The van der Waals surface area contributed by atoms with Gasteiger partial charge in [0.15, 0.2) is 5.76 Å². The van der Waals surface area contributed by atoms with Crippen LogP contribution in [-0.4, -0.2) is 11.8 Å². The smallest absolute Gasteiger partial charge is 0.161 e. The summed E-state index contributed by atoms with van der Waals surface area (Å²) in [6.07, 6.45) is 0. The van der Waals surface area contributed by atoms with Crippen LogP contribution in [0.2, 0.25) is 0 Å². The first kappa shape index (κ1) is 9.55. The van der Waals surface area contributed by atoms with Crippen molar-refractivity contribution >= 4 is 6.72 Å². The van der Waals surface area contributed by atoms with Crippen LogP contribution in [0.4, 0.5) is 0 Å². The zero-order valence-corrected chi connectivity index (χ0v) is 6.76. The van der Waals surface area contributed by atoms with Crippen molar-refractivity contribution in [3.63, 3.8) is 0 Å². The highest BCUT2D eigenvalue weighted by atomic mass is 16.3. The molecule has 0 heterocycles. The molecule has 0 spiro atoms. The molecule has 0 bridgehead atoms. The summed E-state index contributed by atoms with van der Waals surface area (Å²) in [6, 6.07) is 0. The zero-order valence-electron chi connectivity index (χ0n) is 6.76. The van der Waals surface area contributed by atoms with E-state index < -0.39 is 0 Å². The minimum Gasteiger partial charge on any atom is -0.504 e. The lowest BCUT2D eigenvalue weighted by Crippen LogP contribution is -2.04. The van der Waals surface area contributed by atoms with Gasteiger partial charge in [-0.25, -0.2) is 0 Å². The van der Waals surface area contributed by atoms with Gasteiger partial charge in [-0.2, -0.15) is 0 Å². The van der Waals surface area contributed by atoms with Gasteiger partial charge in [0.1, 0.15) is 5.70 Å². The molecule has 0 aliphatic carbocycles. The molecule has 5 N–H and O–H groups in total. The average molecular weight is 155 g/mol. The lowest BCUT2D eigenvalue weighted by atomic mass is 10.2. The third-order valence-electron chi connectivity index (χ3n) is 1.13. The number of aliphatic imine (C=N–C) groups is 1. The second-order valence-corrected chi connectivity index (χ2v) is 2.22. The highest BCUT2D eigenvalue weighted by Gasteiger charge is 2.04. The van der Waals surface area contributed by atoms with Crippen molar-refractivity contribution in [1.82, 2.24) is 0 Å². The number of nitrogens with two attached hydrogens (primary N) is 2. The van der Waals surface area contributed by atoms with Crippen molar-refractivity contribution in [1.29, 1.82) is 0 Å². The fourth-order valence-electron chi connectivity index (χ4n) is 0.573. The first-order chi connectivity index (χ1) is 5.00. The normalized spacial score (nSPS) is 15.1. The van der Waals surface area contributed by atoms with Gasteiger partial charge in [-0.05, 0) is 20.6 Å². The molecule has 11 heavy (non-hydrogen) atoms. The summed E-state index contributed by atoms with van der Waals surface area (Å²) < 4.78 is 0. The first-order valence-electron chi connectivity index (χ1n) is 3.09. The number of hydrogen-bond acceptors (Lipinski definition) is 4. The second-order valence-electron chi connectivity index (χ2n) is 2.22. The molecule has 0 aliphatic rings. The fraction of sp³-hybridized carbons (Fsp3) is 0.286. The molecule has 4 nitrogen and oxygen atoms in total. The number of hydrogen-bond donors (Lipinski definition) is 3. The average Bonchev–Trinajstić information content (AvgIpc) is 1.88. The van der Waals surface area contributed by atoms with E-state index in [1.807, 2.05) is 0 Å². The van der Waals surface area contributed by atoms with Crippen molar-refractivity contribution < 1.29 is 5.11 Å². The Kier molecular flexibility index (Phi) is 3.17. The van der Waals surface area contributed by atoms with E-state index in [2.05, 4.69) is 11.7 Å². The van der Waals surface area contributed by atoms with Crippen LogP contribution in [0.5, 0.6) is 0 Å². The summed E-state index contributed by atoms with van der Waals surface area (Å²) in [5, 5.41) is 9.24. The summed E-state index contributed by atoms with van der Waals surface area (Å²) in [7, 11) is 0. The Hall–Kier alpha value is -1.45. The first-order valence-corrected chi connectivity index (χ1v) is 3.09. The summed E-state index contributed by atoms with van der Waals surface area (Å²) >= 11 is 0. The molecule has 0 saturated heterocycles. The molecule has 0 aliphatic heterocycles. The molecular weight excluding hydrogens is 142 g/mol. The van der Waals surface area contributed by atoms with Crippen LogP contribution >= 0.6 is 0 Å². The lowest BCUT2D eigenvalue weighted by molar-refractivity contribution is 0.413. The quantitative estimate of drug-likeness (QED) is 0.310. The second kappa shape index (κ2) is 3.65. The summed E-state index contributed by atoms with van der Waals surface area (Å²) in [6.45, 7) is 6.42. The largest absolute Gasteiger partial charge is 0.504 e. The standard InChI is InChI=1S/C7H13N3O/c1-4(8)6(10-3)7(11)5(2)9/h11H,3,8-9H2,1-2H3/b6-4-,7-5-. The monoisotopic (exact) mass is 155 g/mol. The Labute approximate surface area is 65.9 Å². The van der Waals surface area contributed by atoms with Crippen LogP contribution in [0, 0.1) is 0 Å². The number of rotatable bonds is 2. The Morgan fingerprint density at radius 1 is 1.27 bits per heavy atom. The maximum absolute atomic E-state index is 9.24. The number of aliphatic hydroxyl groups excluding tert-OH is 1. The molecule has 0 aromatic heterocycles. The number of allylic oxidation sites excluding steroid dienone is 2. The van der Waals surface area contributed by atoms with Crippen LogP contribution in [0.1, 0.15) is 13.8 Å². The maximum atomic E-state index is 9.24. The summed E-state index contributed by atoms with van der Waals surface area (Å²) in [5.41, 5.74) is 11.6. The van der Waals surface area contributed by atoms with Gasteiger partial charge in [0, 0.05) is 11.4 Å². The van der Waals surface area contributed by atoms with Crippen molar-refractivity contribution in [2.45, 2.75) is 13.8 Å². The van der Waals surface area contributed by atoms with Gasteiger partial charge in [0.05, 0.1) is 0 Å². The summed E-state index contributed by atoms with van der Waals surface area (Å²) in [4.78, 5) is 3.53. The van der Waals surface area contributed by atoms with Crippen LogP contribution in [0.15, 0.2) is 27.8 Å². The van der Waals surface area contributed by atoms with Gasteiger partial charge < -0.3 is 16.6 Å². The van der Waals surface area contributed by atoms with Gasteiger partial charge >= 0.3 is 0 Å². The minimum absolute atomic E-state index is 0.111. The fourth-order valence-corrected chi connectivity index (χ4v) is 0.573. The van der Waals surface area contributed by atoms with Crippen LogP contribution in [-0.2, 0) is 0 Å². The molecule has 0 fully saturated rings. The molecule has 0 atom stereocenters. The SMILES string of the molecule is C=NC(=C(/C)N)/C(O)=C(\C)N. The number of aliphatic hydroxyl groups is 1. The Morgan fingerprint density at radius 3 is 1.82 bits per heavy atom. The van der Waals surface area contributed by atoms with E-state index in [4.69, 9.17) is 11.5 Å². The van der Waals surface area contributed by atoms with E-state index >= 15 is 0 Å².